The van der Waals surface area contributed by atoms with Gasteiger partial charge < -0.3 is 5.11 Å². The summed E-state index contributed by atoms with van der Waals surface area (Å²) in [7, 11) is 0. The molecule has 0 saturated heterocycles. The van der Waals surface area contributed by atoms with E-state index in [2.05, 4.69) is 13.8 Å². The minimum absolute atomic E-state index is 0.274. The molecule has 0 aromatic rings. The van der Waals surface area contributed by atoms with Crippen LogP contribution in [0.15, 0.2) is 0 Å². The molecule has 0 spiro atoms. The van der Waals surface area contributed by atoms with Crippen molar-refractivity contribution in [1.29, 1.82) is 0 Å². The van der Waals surface area contributed by atoms with Crippen molar-refractivity contribution in [2.75, 3.05) is 0 Å². The number of fused-ring (bicyclic) bond motifs is 5. The Morgan fingerprint density at radius 3 is 2.29 bits per heavy atom. The molecule has 0 radical (unpaired) electrons. The van der Waals surface area contributed by atoms with Gasteiger partial charge in [0.1, 0.15) is 5.78 Å². The molecule has 4 rings (SSSR count). The zero-order valence-corrected chi connectivity index (χ0v) is 16.1. The Bertz CT molecular complexity index is 538. The molecule has 24 heavy (non-hydrogen) atoms. The summed E-state index contributed by atoms with van der Waals surface area (Å²) in [6.45, 7) is 8.85. The Morgan fingerprint density at radius 1 is 0.875 bits per heavy atom. The quantitative estimate of drug-likeness (QED) is 0.735. The van der Waals surface area contributed by atoms with Crippen LogP contribution in [0, 0.1) is 40.4 Å². The number of hydrogen-bond acceptors (Lipinski definition) is 2. The van der Waals surface area contributed by atoms with E-state index < -0.39 is 5.60 Å². The largest absolute Gasteiger partial charge is 0.390 e. The van der Waals surface area contributed by atoms with Gasteiger partial charge in [0, 0.05) is 5.92 Å². The summed E-state index contributed by atoms with van der Waals surface area (Å²) in [5.74, 6) is 3.89. The lowest BCUT2D eigenvalue weighted by atomic mass is 9.44. The first-order chi connectivity index (χ1) is 11.2. The third kappa shape index (κ3) is 2.27. The number of Topliss-reactive ketones (excluding diaryl/α,β-unsaturated/α-hetero) is 1. The van der Waals surface area contributed by atoms with E-state index in [1.54, 1.807) is 0 Å². The van der Waals surface area contributed by atoms with Gasteiger partial charge in [-0.25, -0.2) is 0 Å². The molecule has 1 N–H and O–H groups in total. The van der Waals surface area contributed by atoms with Gasteiger partial charge in [0.2, 0.25) is 0 Å². The summed E-state index contributed by atoms with van der Waals surface area (Å²) < 4.78 is 0. The van der Waals surface area contributed by atoms with E-state index in [1.807, 2.05) is 13.8 Å². The first-order valence-electron chi connectivity index (χ1n) is 10.4. The highest BCUT2D eigenvalue weighted by molar-refractivity contribution is 5.79. The first kappa shape index (κ1) is 17.1. The van der Waals surface area contributed by atoms with Crippen molar-refractivity contribution in [1.82, 2.24) is 0 Å². The van der Waals surface area contributed by atoms with Crippen LogP contribution in [0.1, 0.15) is 85.5 Å². The summed E-state index contributed by atoms with van der Waals surface area (Å²) in [6.07, 6.45) is 10.8. The van der Waals surface area contributed by atoms with Gasteiger partial charge in [-0.1, -0.05) is 13.8 Å². The van der Waals surface area contributed by atoms with Gasteiger partial charge in [-0.05, 0) is 106 Å². The van der Waals surface area contributed by atoms with Crippen molar-refractivity contribution in [3.8, 4) is 0 Å². The summed E-state index contributed by atoms with van der Waals surface area (Å²) >= 11 is 0. The number of carbonyl (C=O) groups is 1. The van der Waals surface area contributed by atoms with Crippen molar-refractivity contribution >= 4 is 5.78 Å². The normalized spacial score (nSPS) is 57.0. The SMILES string of the molecule is CC(=O)[C@H]1CC[C@H]2[C@@H]3CC[C@H]4C[C@@](C)(O)CC[C@]4(C)[C@H]3CC[C@]12C. The Balaban J connectivity index is 1.61. The Hall–Kier alpha value is -0.370. The minimum atomic E-state index is -0.437. The van der Waals surface area contributed by atoms with Crippen LogP contribution in [0.3, 0.4) is 0 Å². The zero-order chi connectivity index (χ0) is 17.3. The lowest BCUT2D eigenvalue weighted by Crippen LogP contribution is -2.55. The van der Waals surface area contributed by atoms with Crippen LogP contribution in [-0.2, 0) is 4.79 Å². The van der Waals surface area contributed by atoms with Crippen molar-refractivity contribution in [3.63, 3.8) is 0 Å². The summed E-state index contributed by atoms with van der Waals surface area (Å²) in [5, 5.41) is 10.6. The van der Waals surface area contributed by atoms with E-state index in [1.165, 1.54) is 38.5 Å². The van der Waals surface area contributed by atoms with Gasteiger partial charge in [-0.15, -0.1) is 0 Å². The highest BCUT2D eigenvalue weighted by Crippen LogP contribution is 2.68. The molecular weight excluding hydrogens is 296 g/mol. The van der Waals surface area contributed by atoms with Crippen LogP contribution < -0.4 is 0 Å². The third-order valence-corrected chi connectivity index (χ3v) is 9.44. The molecule has 0 heterocycles. The van der Waals surface area contributed by atoms with Gasteiger partial charge in [-0.3, -0.25) is 4.79 Å². The van der Waals surface area contributed by atoms with Gasteiger partial charge in [0.05, 0.1) is 5.60 Å². The Morgan fingerprint density at radius 2 is 1.58 bits per heavy atom. The van der Waals surface area contributed by atoms with Gasteiger partial charge >= 0.3 is 0 Å². The zero-order valence-electron chi connectivity index (χ0n) is 16.1. The van der Waals surface area contributed by atoms with Crippen LogP contribution in [0.4, 0.5) is 0 Å². The van der Waals surface area contributed by atoms with E-state index in [9.17, 15) is 9.90 Å². The number of hydrogen-bond donors (Lipinski definition) is 1. The molecule has 136 valence electrons. The monoisotopic (exact) mass is 332 g/mol. The minimum Gasteiger partial charge on any atom is -0.390 e. The summed E-state index contributed by atoms with van der Waals surface area (Å²) in [5.41, 5.74) is 0.268. The number of carbonyl (C=O) groups excluding carboxylic acids is 1. The lowest BCUT2D eigenvalue weighted by Gasteiger charge is -2.61. The molecule has 0 amide bonds. The van der Waals surface area contributed by atoms with Crippen molar-refractivity contribution in [2.24, 2.45) is 40.4 Å². The second-order valence-electron chi connectivity index (χ2n) is 10.6. The van der Waals surface area contributed by atoms with E-state index in [0.717, 1.165) is 37.0 Å². The van der Waals surface area contributed by atoms with E-state index in [4.69, 9.17) is 0 Å². The molecule has 0 bridgehead atoms. The molecule has 8 atom stereocenters. The maximum absolute atomic E-state index is 12.2. The number of aliphatic hydroxyl groups is 1. The molecule has 0 aliphatic heterocycles. The predicted octanol–water partition coefficient (Wildman–Crippen LogP) is 4.99. The predicted molar refractivity (Wildman–Crippen MR) is 96.5 cm³/mol. The Labute approximate surface area is 147 Å². The third-order valence-electron chi connectivity index (χ3n) is 9.44. The molecule has 0 aromatic carbocycles. The maximum atomic E-state index is 12.2. The maximum Gasteiger partial charge on any atom is 0.133 e. The van der Waals surface area contributed by atoms with Gasteiger partial charge in [-0.2, -0.15) is 0 Å². The highest BCUT2D eigenvalue weighted by atomic mass is 16.3. The first-order valence-corrected chi connectivity index (χ1v) is 10.4. The molecule has 2 heteroatoms. The molecule has 4 saturated carbocycles. The summed E-state index contributed by atoms with van der Waals surface area (Å²) in [4.78, 5) is 12.2. The molecule has 4 fully saturated rings. The highest BCUT2D eigenvalue weighted by Gasteiger charge is 2.61. The van der Waals surface area contributed by atoms with Crippen molar-refractivity contribution in [2.45, 2.75) is 91.1 Å². The molecule has 2 nitrogen and oxygen atoms in total. The average molecular weight is 333 g/mol. The average Bonchev–Trinajstić information content (AvgIpc) is 2.85. The van der Waals surface area contributed by atoms with Gasteiger partial charge in [0.15, 0.2) is 0 Å². The fourth-order valence-electron chi connectivity index (χ4n) is 8.10. The molecule has 0 aromatic heterocycles. The fourth-order valence-corrected chi connectivity index (χ4v) is 8.10. The van der Waals surface area contributed by atoms with Crippen LogP contribution in [0.5, 0.6) is 0 Å². The summed E-state index contributed by atoms with van der Waals surface area (Å²) in [6, 6.07) is 0. The van der Waals surface area contributed by atoms with Crippen molar-refractivity contribution in [3.05, 3.63) is 0 Å². The Kier molecular flexibility index (Phi) is 3.78. The number of rotatable bonds is 1. The molecular formula is C22H36O2. The topological polar surface area (TPSA) is 37.3 Å². The van der Waals surface area contributed by atoms with Crippen LogP contribution in [0.2, 0.25) is 0 Å². The van der Waals surface area contributed by atoms with Crippen LogP contribution in [-0.4, -0.2) is 16.5 Å². The van der Waals surface area contributed by atoms with E-state index in [0.29, 0.717) is 23.0 Å². The van der Waals surface area contributed by atoms with Crippen LogP contribution in [0.25, 0.3) is 0 Å². The molecule has 4 aliphatic rings. The lowest BCUT2D eigenvalue weighted by molar-refractivity contribution is -0.150. The number of ketones is 1. The second-order valence-corrected chi connectivity index (χ2v) is 10.6. The molecule has 0 unspecified atom stereocenters. The standard InChI is InChI=1S/C22H36O2/c1-14(23)17-7-8-18-16-6-5-15-13-20(2,24)11-12-21(15,3)19(16)9-10-22(17,18)4/h15-19,24H,5-13H2,1-4H3/t15-,16-,17+,18-,19-,20-,21-,22+/m0/s1. The van der Waals surface area contributed by atoms with Crippen molar-refractivity contribution < 1.29 is 9.90 Å². The second kappa shape index (κ2) is 5.32. The smallest absolute Gasteiger partial charge is 0.133 e. The van der Waals surface area contributed by atoms with Gasteiger partial charge in [0.25, 0.3) is 0 Å². The van der Waals surface area contributed by atoms with Crippen LogP contribution >= 0.6 is 0 Å². The van der Waals surface area contributed by atoms with E-state index >= 15 is 0 Å². The molecule has 4 aliphatic carbocycles. The fraction of sp³-hybridized carbons (Fsp3) is 0.955. The van der Waals surface area contributed by atoms with E-state index in [-0.39, 0.29) is 5.41 Å².